The van der Waals surface area contributed by atoms with Crippen molar-refractivity contribution < 1.29 is 9.53 Å². The van der Waals surface area contributed by atoms with Gasteiger partial charge in [0.2, 0.25) is 6.08 Å². The molecule has 0 spiro atoms. The topological polar surface area (TPSA) is 38.7 Å². The van der Waals surface area contributed by atoms with Crippen molar-refractivity contribution in [2.24, 2.45) is 4.99 Å². The van der Waals surface area contributed by atoms with E-state index in [1.807, 2.05) is 19.1 Å². The first-order chi connectivity index (χ1) is 6.31. The number of isocyanates is 1. The second-order valence-corrected chi connectivity index (χ2v) is 3.10. The molecule has 0 bridgehead atoms. The number of rotatable bonds is 1. The van der Waals surface area contributed by atoms with Crippen molar-refractivity contribution in [2.75, 3.05) is 0 Å². The number of hydrogen-bond acceptors (Lipinski definition) is 3. The molecular weight excluding hydrogens is 166 g/mol. The highest BCUT2D eigenvalue weighted by atomic mass is 16.5. The van der Waals surface area contributed by atoms with Gasteiger partial charge in [-0.2, -0.15) is 4.99 Å². The third kappa shape index (κ3) is 1.34. The summed E-state index contributed by atoms with van der Waals surface area (Å²) in [5.41, 5.74) is 1.70. The number of aliphatic imine (C=N–C) groups is 1. The van der Waals surface area contributed by atoms with Crippen LogP contribution in [0.3, 0.4) is 0 Å². The fourth-order valence-electron chi connectivity index (χ4n) is 1.56. The van der Waals surface area contributed by atoms with Gasteiger partial charge < -0.3 is 4.74 Å². The summed E-state index contributed by atoms with van der Waals surface area (Å²) in [5, 5.41) is 0. The minimum absolute atomic E-state index is 0.179. The summed E-state index contributed by atoms with van der Waals surface area (Å²) in [6, 6.07) is 5.61. The predicted octanol–water partition coefficient (Wildman–Crippen LogP) is 1.98. The van der Waals surface area contributed by atoms with Gasteiger partial charge in [0, 0.05) is 12.0 Å². The van der Waals surface area contributed by atoms with Crippen molar-refractivity contribution in [3.05, 3.63) is 23.8 Å². The largest absolute Gasteiger partial charge is 0.488 e. The maximum atomic E-state index is 10.1. The van der Waals surface area contributed by atoms with Gasteiger partial charge in [0.05, 0.1) is 0 Å². The van der Waals surface area contributed by atoms with E-state index in [4.69, 9.17) is 4.74 Å². The van der Waals surface area contributed by atoms with Gasteiger partial charge in [-0.15, -0.1) is 0 Å². The Balaban J connectivity index is 2.51. The van der Waals surface area contributed by atoms with Crippen LogP contribution in [-0.2, 0) is 11.2 Å². The number of ether oxygens (including phenoxy) is 1. The maximum Gasteiger partial charge on any atom is 0.240 e. The molecule has 1 aliphatic rings. The molecule has 0 aromatic heterocycles. The maximum absolute atomic E-state index is 10.1. The first-order valence-corrected chi connectivity index (χ1v) is 4.17. The molecule has 0 amide bonds. The molecule has 2 rings (SSSR count). The number of fused-ring (bicyclic) bond motifs is 1. The lowest BCUT2D eigenvalue weighted by molar-refractivity contribution is 0.255. The molecule has 0 aliphatic carbocycles. The van der Waals surface area contributed by atoms with Gasteiger partial charge in [-0.3, -0.25) is 0 Å². The minimum atomic E-state index is 0.179. The smallest absolute Gasteiger partial charge is 0.240 e. The highest BCUT2D eigenvalue weighted by Gasteiger charge is 2.21. The molecule has 1 aromatic carbocycles. The van der Waals surface area contributed by atoms with Gasteiger partial charge in [-0.1, -0.05) is 12.1 Å². The fourth-order valence-corrected chi connectivity index (χ4v) is 1.56. The molecule has 3 heteroatoms. The van der Waals surface area contributed by atoms with Crippen molar-refractivity contribution >= 4 is 11.8 Å². The molecule has 1 aliphatic heterocycles. The summed E-state index contributed by atoms with van der Waals surface area (Å²) in [6.45, 7) is 1.99. The molecular formula is C10H9NO2. The summed E-state index contributed by atoms with van der Waals surface area (Å²) in [7, 11) is 0. The summed E-state index contributed by atoms with van der Waals surface area (Å²) in [6.07, 6.45) is 2.59. The second-order valence-electron chi connectivity index (χ2n) is 3.10. The predicted molar refractivity (Wildman–Crippen MR) is 48.0 cm³/mol. The van der Waals surface area contributed by atoms with E-state index in [1.54, 1.807) is 6.07 Å². The quantitative estimate of drug-likeness (QED) is 0.483. The van der Waals surface area contributed by atoms with Crippen LogP contribution in [0.25, 0.3) is 0 Å². The Hall–Kier alpha value is -1.60. The van der Waals surface area contributed by atoms with Crippen molar-refractivity contribution in [1.29, 1.82) is 0 Å². The molecule has 0 saturated carbocycles. The highest BCUT2D eigenvalue weighted by molar-refractivity contribution is 5.62. The SMILES string of the molecule is CC1Cc2cccc(N=C=O)c2O1. The normalized spacial score (nSPS) is 18.7. The molecule has 1 unspecified atom stereocenters. The molecule has 0 saturated heterocycles. The van der Waals surface area contributed by atoms with Crippen LogP contribution in [0, 0.1) is 0 Å². The Morgan fingerprint density at radius 1 is 1.62 bits per heavy atom. The van der Waals surface area contributed by atoms with Crippen LogP contribution in [0.5, 0.6) is 5.75 Å². The minimum Gasteiger partial charge on any atom is -0.488 e. The number of hydrogen-bond donors (Lipinski definition) is 0. The second kappa shape index (κ2) is 3.04. The highest BCUT2D eigenvalue weighted by Crippen LogP contribution is 2.37. The summed E-state index contributed by atoms with van der Waals surface area (Å²) in [5.74, 6) is 0.735. The van der Waals surface area contributed by atoms with Crippen LogP contribution in [0.15, 0.2) is 23.2 Å². The number of nitrogens with zero attached hydrogens (tertiary/aromatic N) is 1. The van der Waals surface area contributed by atoms with Crippen LogP contribution in [0.4, 0.5) is 5.69 Å². The Morgan fingerprint density at radius 3 is 3.23 bits per heavy atom. The van der Waals surface area contributed by atoms with Gasteiger partial charge in [0.1, 0.15) is 17.5 Å². The molecule has 1 atom stereocenters. The van der Waals surface area contributed by atoms with Crippen LogP contribution >= 0.6 is 0 Å². The van der Waals surface area contributed by atoms with Crippen molar-refractivity contribution in [1.82, 2.24) is 0 Å². The summed E-state index contributed by atoms with van der Waals surface area (Å²) in [4.78, 5) is 13.7. The number of carbonyl (C=O) groups excluding carboxylic acids is 1. The van der Waals surface area contributed by atoms with Crippen molar-refractivity contribution in [2.45, 2.75) is 19.4 Å². The lowest BCUT2D eigenvalue weighted by Crippen LogP contribution is -2.05. The Labute approximate surface area is 76.1 Å². The zero-order valence-electron chi connectivity index (χ0n) is 7.28. The summed E-state index contributed by atoms with van der Waals surface area (Å²) < 4.78 is 5.52. The van der Waals surface area contributed by atoms with Crippen molar-refractivity contribution in [3.8, 4) is 5.75 Å². The van der Waals surface area contributed by atoms with Crippen LogP contribution in [0.1, 0.15) is 12.5 Å². The van der Waals surface area contributed by atoms with Gasteiger partial charge in [-0.05, 0) is 13.0 Å². The van der Waals surface area contributed by atoms with Gasteiger partial charge >= 0.3 is 0 Å². The van der Waals surface area contributed by atoms with Crippen molar-refractivity contribution in [3.63, 3.8) is 0 Å². The van der Waals surface area contributed by atoms with Crippen LogP contribution in [-0.4, -0.2) is 12.2 Å². The lowest BCUT2D eigenvalue weighted by atomic mass is 10.1. The number of benzene rings is 1. The molecule has 66 valence electrons. The third-order valence-corrected chi connectivity index (χ3v) is 2.07. The van der Waals surface area contributed by atoms with Crippen LogP contribution < -0.4 is 4.74 Å². The van der Waals surface area contributed by atoms with E-state index in [9.17, 15) is 4.79 Å². The first kappa shape index (κ1) is 8.02. The summed E-state index contributed by atoms with van der Waals surface area (Å²) >= 11 is 0. The Kier molecular flexibility index (Phi) is 1.87. The molecule has 0 fully saturated rings. The zero-order chi connectivity index (χ0) is 9.26. The average Bonchev–Trinajstić information content (AvgIpc) is 2.47. The molecule has 0 radical (unpaired) electrons. The molecule has 1 aromatic rings. The van der Waals surface area contributed by atoms with E-state index in [1.165, 1.54) is 6.08 Å². The average molecular weight is 175 g/mol. The molecule has 3 nitrogen and oxygen atoms in total. The fraction of sp³-hybridized carbons (Fsp3) is 0.300. The third-order valence-electron chi connectivity index (χ3n) is 2.07. The van der Waals surface area contributed by atoms with Crippen LogP contribution in [0.2, 0.25) is 0 Å². The lowest BCUT2D eigenvalue weighted by Gasteiger charge is -2.03. The molecule has 0 N–H and O–H groups in total. The Morgan fingerprint density at radius 2 is 2.46 bits per heavy atom. The van der Waals surface area contributed by atoms with Gasteiger partial charge in [0.15, 0.2) is 0 Å². The number of para-hydroxylation sites is 1. The molecule has 13 heavy (non-hydrogen) atoms. The van der Waals surface area contributed by atoms with E-state index in [0.29, 0.717) is 5.69 Å². The zero-order valence-corrected chi connectivity index (χ0v) is 7.28. The van der Waals surface area contributed by atoms with E-state index in [0.717, 1.165) is 17.7 Å². The van der Waals surface area contributed by atoms with E-state index in [-0.39, 0.29) is 6.10 Å². The Bertz CT molecular complexity index is 381. The van der Waals surface area contributed by atoms with Gasteiger partial charge in [0.25, 0.3) is 0 Å². The first-order valence-electron chi connectivity index (χ1n) is 4.17. The van der Waals surface area contributed by atoms with E-state index < -0.39 is 0 Å². The van der Waals surface area contributed by atoms with Gasteiger partial charge in [-0.25, -0.2) is 4.79 Å². The monoisotopic (exact) mass is 175 g/mol. The molecule has 1 heterocycles. The van der Waals surface area contributed by atoms with E-state index in [2.05, 4.69) is 4.99 Å². The standard InChI is InChI=1S/C10H9NO2/c1-7-5-8-3-2-4-9(11-6-12)10(8)13-7/h2-4,7H,5H2,1H3. The van der Waals surface area contributed by atoms with E-state index >= 15 is 0 Å².